The molecule has 0 saturated carbocycles. The van der Waals surface area contributed by atoms with Crippen LogP contribution in [0.1, 0.15) is 15.9 Å². The first kappa shape index (κ1) is 13.3. The largest absolute Gasteiger partial charge is 0.508 e. The minimum absolute atomic E-state index is 0.0651. The highest BCUT2D eigenvalue weighted by Gasteiger charge is 2.12. The molecule has 2 aromatic heterocycles. The molecule has 0 aliphatic carbocycles. The zero-order valence-electron chi connectivity index (χ0n) is 10.9. The SMILES string of the molecule is Cc1cc(C(=O)Nc2nc(Cl)c3[nH]cnc3n2)ccc1O. The van der Waals surface area contributed by atoms with Crippen LogP contribution in [0.15, 0.2) is 24.5 Å². The predicted molar refractivity (Wildman–Crippen MR) is 77.5 cm³/mol. The number of carbonyl (C=O) groups excluding carboxylic acids is 1. The number of amides is 1. The summed E-state index contributed by atoms with van der Waals surface area (Å²) in [7, 11) is 0. The maximum Gasteiger partial charge on any atom is 0.258 e. The number of carbonyl (C=O) groups is 1. The Kier molecular flexibility index (Phi) is 3.19. The molecule has 2 heterocycles. The number of imidazole rings is 1. The zero-order valence-corrected chi connectivity index (χ0v) is 11.6. The number of halogens is 1. The number of anilines is 1. The van der Waals surface area contributed by atoms with Gasteiger partial charge in [0.15, 0.2) is 10.8 Å². The summed E-state index contributed by atoms with van der Waals surface area (Å²) in [5.74, 6) is -0.205. The summed E-state index contributed by atoms with van der Waals surface area (Å²) in [5.41, 5.74) is 1.86. The number of phenols is 1. The predicted octanol–water partition coefficient (Wildman–Crippen LogP) is 2.27. The molecule has 0 saturated heterocycles. The second-order valence-electron chi connectivity index (χ2n) is 4.39. The molecule has 0 aliphatic rings. The van der Waals surface area contributed by atoms with Crippen molar-refractivity contribution >= 4 is 34.6 Å². The van der Waals surface area contributed by atoms with E-state index in [1.54, 1.807) is 13.0 Å². The van der Waals surface area contributed by atoms with Crippen LogP contribution in [0.25, 0.3) is 11.2 Å². The number of hydrogen-bond donors (Lipinski definition) is 3. The molecular weight excluding hydrogens is 294 g/mol. The number of phenolic OH excluding ortho intramolecular Hbond substituents is 1. The third-order valence-electron chi connectivity index (χ3n) is 2.93. The molecule has 0 fully saturated rings. The number of aromatic amines is 1. The number of fused-ring (bicyclic) bond motifs is 1. The van der Waals surface area contributed by atoms with Gasteiger partial charge >= 0.3 is 0 Å². The third kappa shape index (κ3) is 2.50. The van der Waals surface area contributed by atoms with Crippen LogP contribution in [0.3, 0.4) is 0 Å². The Bertz CT molecular complexity index is 846. The van der Waals surface area contributed by atoms with Crippen molar-refractivity contribution in [3.63, 3.8) is 0 Å². The van der Waals surface area contributed by atoms with Crippen LogP contribution in [0, 0.1) is 6.92 Å². The Labute approximate surface area is 124 Å². The first-order valence-electron chi connectivity index (χ1n) is 6.02. The summed E-state index contributed by atoms with van der Waals surface area (Å²) in [6.07, 6.45) is 1.44. The second kappa shape index (κ2) is 5.02. The van der Waals surface area contributed by atoms with Crippen molar-refractivity contribution in [2.75, 3.05) is 5.32 Å². The fourth-order valence-corrected chi connectivity index (χ4v) is 2.04. The summed E-state index contributed by atoms with van der Waals surface area (Å²) >= 11 is 5.97. The van der Waals surface area contributed by atoms with Crippen molar-refractivity contribution in [1.82, 2.24) is 19.9 Å². The molecule has 3 aromatic rings. The standard InChI is InChI=1S/C13H10ClN5O2/c1-6-4-7(2-3-8(6)20)12(21)19-13-17-10(14)9-11(18-13)16-5-15-9/h2-5,20H,1H3,(H2,15,16,17,18,19,21). The molecule has 1 aromatic carbocycles. The van der Waals surface area contributed by atoms with Crippen LogP contribution in [-0.2, 0) is 0 Å². The highest BCUT2D eigenvalue weighted by Crippen LogP contribution is 2.20. The molecule has 106 valence electrons. The normalized spacial score (nSPS) is 10.8. The van der Waals surface area contributed by atoms with E-state index in [4.69, 9.17) is 11.6 Å². The van der Waals surface area contributed by atoms with Crippen molar-refractivity contribution < 1.29 is 9.90 Å². The van der Waals surface area contributed by atoms with E-state index in [0.717, 1.165) is 0 Å². The monoisotopic (exact) mass is 303 g/mol. The van der Waals surface area contributed by atoms with Crippen LogP contribution in [0.5, 0.6) is 5.75 Å². The topological polar surface area (TPSA) is 104 Å². The highest BCUT2D eigenvalue weighted by molar-refractivity contribution is 6.33. The Balaban J connectivity index is 1.90. The van der Waals surface area contributed by atoms with E-state index in [1.165, 1.54) is 18.5 Å². The lowest BCUT2D eigenvalue weighted by Gasteiger charge is -2.06. The Morgan fingerprint density at radius 2 is 2.19 bits per heavy atom. The van der Waals surface area contributed by atoms with E-state index in [-0.39, 0.29) is 16.9 Å². The first-order chi connectivity index (χ1) is 10.0. The molecule has 0 aliphatic heterocycles. The van der Waals surface area contributed by atoms with Crippen LogP contribution in [0.4, 0.5) is 5.95 Å². The first-order valence-corrected chi connectivity index (χ1v) is 6.40. The quantitative estimate of drug-likeness (QED) is 0.630. The lowest BCUT2D eigenvalue weighted by Crippen LogP contribution is -2.14. The van der Waals surface area contributed by atoms with Crippen LogP contribution in [0.2, 0.25) is 5.15 Å². The molecule has 8 heteroatoms. The maximum absolute atomic E-state index is 12.1. The van der Waals surface area contributed by atoms with Crippen molar-refractivity contribution in [1.29, 1.82) is 0 Å². The summed E-state index contributed by atoms with van der Waals surface area (Å²) in [5, 5.41) is 12.2. The van der Waals surface area contributed by atoms with Gasteiger partial charge in [-0.2, -0.15) is 9.97 Å². The Morgan fingerprint density at radius 3 is 2.95 bits per heavy atom. The van der Waals surface area contributed by atoms with Crippen LogP contribution >= 0.6 is 11.6 Å². The zero-order chi connectivity index (χ0) is 15.0. The van der Waals surface area contributed by atoms with Gasteiger partial charge in [-0.05, 0) is 30.7 Å². The van der Waals surface area contributed by atoms with Gasteiger partial charge in [0.25, 0.3) is 5.91 Å². The lowest BCUT2D eigenvalue weighted by molar-refractivity contribution is 0.102. The van der Waals surface area contributed by atoms with Crippen molar-refractivity contribution in [3.8, 4) is 5.75 Å². The number of nitrogens with one attached hydrogen (secondary N) is 2. The van der Waals surface area contributed by atoms with Crippen molar-refractivity contribution in [2.45, 2.75) is 6.92 Å². The number of aromatic hydroxyl groups is 1. The molecule has 1 amide bonds. The maximum atomic E-state index is 12.1. The number of nitrogens with zero attached hydrogens (tertiary/aromatic N) is 3. The highest BCUT2D eigenvalue weighted by atomic mass is 35.5. The average molecular weight is 304 g/mol. The number of aromatic nitrogens is 4. The van der Waals surface area contributed by atoms with E-state index in [0.29, 0.717) is 22.3 Å². The molecular formula is C13H10ClN5O2. The summed E-state index contributed by atoms with van der Waals surface area (Å²) < 4.78 is 0. The fourth-order valence-electron chi connectivity index (χ4n) is 1.82. The number of H-pyrrole nitrogens is 1. The van der Waals surface area contributed by atoms with Gasteiger partial charge < -0.3 is 10.1 Å². The van der Waals surface area contributed by atoms with E-state index in [2.05, 4.69) is 25.3 Å². The molecule has 0 unspecified atom stereocenters. The van der Waals surface area contributed by atoms with Crippen molar-refractivity contribution in [3.05, 3.63) is 40.8 Å². The molecule has 0 bridgehead atoms. The minimum Gasteiger partial charge on any atom is -0.508 e. The smallest absolute Gasteiger partial charge is 0.258 e. The van der Waals surface area contributed by atoms with Gasteiger partial charge in [-0.3, -0.25) is 10.1 Å². The van der Waals surface area contributed by atoms with E-state index in [9.17, 15) is 9.90 Å². The van der Waals surface area contributed by atoms with E-state index in [1.807, 2.05) is 0 Å². The molecule has 3 rings (SSSR count). The number of aryl methyl sites for hydroxylation is 1. The van der Waals surface area contributed by atoms with Gasteiger partial charge in [0, 0.05) is 5.56 Å². The Morgan fingerprint density at radius 1 is 1.38 bits per heavy atom. The molecule has 7 nitrogen and oxygen atoms in total. The fraction of sp³-hybridized carbons (Fsp3) is 0.0769. The van der Waals surface area contributed by atoms with Gasteiger partial charge in [-0.25, -0.2) is 4.98 Å². The number of rotatable bonds is 2. The number of hydrogen-bond acceptors (Lipinski definition) is 5. The average Bonchev–Trinajstić information content (AvgIpc) is 2.90. The van der Waals surface area contributed by atoms with E-state index >= 15 is 0 Å². The third-order valence-corrected chi connectivity index (χ3v) is 3.20. The van der Waals surface area contributed by atoms with Gasteiger partial charge in [0.2, 0.25) is 5.95 Å². The van der Waals surface area contributed by atoms with Crippen LogP contribution < -0.4 is 5.32 Å². The summed E-state index contributed by atoms with van der Waals surface area (Å²) in [6.45, 7) is 1.70. The summed E-state index contributed by atoms with van der Waals surface area (Å²) in [6, 6.07) is 4.53. The minimum atomic E-state index is -0.399. The summed E-state index contributed by atoms with van der Waals surface area (Å²) in [4.78, 5) is 27.0. The van der Waals surface area contributed by atoms with Crippen LogP contribution in [-0.4, -0.2) is 30.9 Å². The van der Waals surface area contributed by atoms with Gasteiger partial charge in [-0.1, -0.05) is 11.6 Å². The van der Waals surface area contributed by atoms with Gasteiger partial charge in [-0.15, -0.1) is 0 Å². The van der Waals surface area contributed by atoms with Gasteiger partial charge in [0.1, 0.15) is 11.3 Å². The molecule has 3 N–H and O–H groups in total. The lowest BCUT2D eigenvalue weighted by atomic mass is 10.1. The molecule has 21 heavy (non-hydrogen) atoms. The Hall–Kier alpha value is -2.67. The van der Waals surface area contributed by atoms with E-state index < -0.39 is 5.91 Å². The van der Waals surface area contributed by atoms with Gasteiger partial charge in [0.05, 0.1) is 6.33 Å². The molecule has 0 spiro atoms. The second-order valence-corrected chi connectivity index (χ2v) is 4.75. The number of benzene rings is 1. The molecule has 0 atom stereocenters. The van der Waals surface area contributed by atoms with Crippen molar-refractivity contribution in [2.24, 2.45) is 0 Å². The molecule has 0 radical (unpaired) electrons.